The molecule has 0 saturated heterocycles. The van der Waals surface area contributed by atoms with E-state index in [-0.39, 0.29) is 18.9 Å². The van der Waals surface area contributed by atoms with E-state index >= 15 is 0 Å². The molecule has 1 heterocycles. The van der Waals surface area contributed by atoms with E-state index in [0.29, 0.717) is 16.8 Å². The van der Waals surface area contributed by atoms with E-state index in [4.69, 9.17) is 5.21 Å². The average Bonchev–Trinajstić information content (AvgIpc) is 2.78. The Morgan fingerprint density at radius 2 is 1.78 bits per heavy atom. The monoisotopic (exact) mass is 310 g/mol. The van der Waals surface area contributed by atoms with Crippen molar-refractivity contribution < 1.29 is 15.1 Å². The van der Waals surface area contributed by atoms with Gasteiger partial charge in [0.1, 0.15) is 0 Å². The Morgan fingerprint density at radius 3 is 2.48 bits per heavy atom. The molecule has 1 amide bonds. The fourth-order valence-electron chi connectivity index (χ4n) is 3.03. The number of hydrogen-bond donors (Lipinski definition) is 2. The Balaban J connectivity index is 2.04. The number of fused-ring (bicyclic) bond motifs is 1. The summed E-state index contributed by atoms with van der Waals surface area (Å²) in [6.45, 7) is 1.90. The number of hydrogen-bond acceptors (Lipinski definition) is 4. The topological polar surface area (TPSA) is 73.1 Å². The Labute approximate surface area is 134 Å². The van der Waals surface area contributed by atoms with Crippen LogP contribution >= 0.6 is 0 Å². The minimum Gasteiger partial charge on any atom is -0.411 e. The summed E-state index contributed by atoms with van der Waals surface area (Å²) in [4.78, 5) is 14.2. The molecule has 2 aromatic carbocycles. The lowest BCUT2D eigenvalue weighted by atomic mass is 9.96. The molecule has 0 bridgehead atoms. The molecule has 1 unspecified atom stereocenters. The molecule has 0 aliphatic carbocycles. The van der Waals surface area contributed by atoms with Gasteiger partial charge < -0.3 is 15.2 Å². The molecule has 23 heavy (non-hydrogen) atoms. The number of benzene rings is 2. The fourth-order valence-corrected chi connectivity index (χ4v) is 3.03. The Hall–Kier alpha value is -2.66. The van der Waals surface area contributed by atoms with Crippen molar-refractivity contribution >= 4 is 11.6 Å². The van der Waals surface area contributed by atoms with Gasteiger partial charge in [0, 0.05) is 24.1 Å². The summed E-state index contributed by atoms with van der Waals surface area (Å²) < 4.78 is 0. The first-order valence-corrected chi connectivity index (χ1v) is 7.41. The second kappa shape index (κ2) is 5.85. The Bertz CT molecular complexity index is 758. The van der Waals surface area contributed by atoms with Gasteiger partial charge in [0.15, 0.2) is 5.72 Å². The molecule has 0 spiro atoms. The molecule has 1 aliphatic rings. The van der Waals surface area contributed by atoms with Gasteiger partial charge in [-0.2, -0.15) is 0 Å². The lowest BCUT2D eigenvalue weighted by Crippen LogP contribution is -2.44. The minimum absolute atomic E-state index is 0.0546. The molecule has 2 N–H and O–H groups in total. The highest BCUT2D eigenvalue weighted by molar-refractivity contribution is 6.00. The van der Waals surface area contributed by atoms with Gasteiger partial charge >= 0.3 is 0 Å². The third kappa shape index (κ3) is 2.59. The van der Waals surface area contributed by atoms with Gasteiger partial charge in [-0.1, -0.05) is 53.7 Å². The van der Waals surface area contributed by atoms with Crippen LogP contribution in [-0.4, -0.2) is 26.8 Å². The zero-order chi connectivity index (χ0) is 16.4. The van der Waals surface area contributed by atoms with Gasteiger partial charge in [-0.25, -0.2) is 0 Å². The van der Waals surface area contributed by atoms with E-state index in [1.807, 2.05) is 30.3 Å². The van der Waals surface area contributed by atoms with Crippen molar-refractivity contribution in [3.8, 4) is 0 Å². The number of rotatable bonds is 4. The molecule has 0 aromatic heterocycles. The van der Waals surface area contributed by atoms with Crippen molar-refractivity contribution in [3.63, 3.8) is 0 Å². The smallest absolute Gasteiger partial charge is 0.257 e. The predicted molar refractivity (Wildman–Crippen MR) is 86.2 cm³/mol. The largest absolute Gasteiger partial charge is 0.411 e. The van der Waals surface area contributed by atoms with Crippen LogP contribution in [0.2, 0.25) is 0 Å². The molecule has 0 fully saturated rings. The summed E-state index contributed by atoms with van der Waals surface area (Å²) in [5.74, 6) is -0.224. The normalized spacial score (nSPS) is 20.7. The van der Waals surface area contributed by atoms with E-state index in [1.165, 1.54) is 4.90 Å². The third-order valence-electron chi connectivity index (χ3n) is 4.14. The number of amides is 1. The SMILES string of the molecule is CC(CC1(O)c2ccccc2C(=O)N1Cc1ccccc1)=NO. The Kier molecular flexibility index (Phi) is 3.88. The lowest BCUT2D eigenvalue weighted by molar-refractivity contribution is -0.0828. The quantitative estimate of drug-likeness (QED) is 0.518. The van der Waals surface area contributed by atoms with Crippen molar-refractivity contribution in [1.82, 2.24) is 4.90 Å². The van der Waals surface area contributed by atoms with Gasteiger partial charge in [0.05, 0.1) is 5.71 Å². The molecule has 118 valence electrons. The van der Waals surface area contributed by atoms with Crippen molar-refractivity contribution in [2.24, 2.45) is 5.16 Å². The average molecular weight is 310 g/mol. The number of carbonyl (C=O) groups excluding carboxylic acids is 1. The lowest BCUT2D eigenvalue weighted by Gasteiger charge is -2.34. The highest BCUT2D eigenvalue weighted by Gasteiger charge is 2.48. The van der Waals surface area contributed by atoms with Crippen molar-refractivity contribution in [3.05, 3.63) is 71.3 Å². The van der Waals surface area contributed by atoms with Crippen LogP contribution in [0.3, 0.4) is 0 Å². The maximum absolute atomic E-state index is 12.8. The van der Waals surface area contributed by atoms with Crippen molar-refractivity contribution in [1.29, 1.82) is 0 Å². The van der Waals surface area contributed by atoms with E-state index in [1.54, 1.807) is 31.2 Å². The van der Waals surface area contributed by atoms with E-state index in [2.05, 4.69) is 5.16 Å². The van der Waals surface area contributed by atoms with Crippen molar-refractivity contribution in [2.75, 3.05) is 0 Å². The number of aliphatic hydroxyl groups is 1. The summed E-state index contributed by atoms with van der Waals surface area (Å²) in [5.41, 5.74) is 0.793. The minimum atomic E-state index is -1.51. The van der Waals surface area contributed by atoms with Crippen LogP contribution in [0.5, 0.6) is 0 Å². The summed E-state index contributed by atoms with van der Waals surface area (Å²) in [6, 6.07) is 16.5. The summed E-state index contributed by atoms with van der Waals surface area (Å²) >= 11 is 0. The van der Waals surface area contributed by atoms with E-state index in [0.717, 1.165) is 5.56 Å². The molecule has 1 atom stereocenters. The second-order valence-electron chi connectivity index (χ2n) is 5.75. The summed E-state index contributed by atoms with van der Waals surface area (Å²) in [7, 11) is 0. The van der Waals surface area contributed by atoms with E-state index in [9.17, 15) is 9.90 Å². The molecule has 2 aromatic rings. The summed E-state index contributed by atoms with van der Waals surface area (Å²) in [5, 5.41) is 23.4. The van der Waals surface area contributed by atoms with Crippen LogP contribution in [0.15, 0.2) is 59.8 Å². The van der Waals surface area contributed by atoms with Gasteiger partial charge in [0.2, 0.25) is 0 Å². The standard InChI is InChI=1S/C18H18N2O3/c1-13(19-23)11-18(22)16-10-6-5-9-15(16)17(21)20(18)12-14-7-3-2-4-8-14/h2-10,22-23H,11-12H2,1H3. The maximum Gasteiger partial charge on any atom is 0.257 e. The fraction of sp³-hybridized carbons (Fsp3) is 0.222. The molecular weight excluding hydrogens is 292 g/mol. The molecule has 0 radical (unpaired) electrons. The maximum atomic E-state index is 12.8. The van der Waals surface area contributed by atoms with Crippen LogP contribution in [-0.2, 0) is 12.3 Å². The molecular formula is C18H18N2O3. The molecule has 5 nitrogen and oxygen atoms in total. The predicted octanol–water partition coefficient (Wildman–Crippen LogP) is 2.73. The van der Waals surface area contributed by atoms with Crippen LogP contribution in [0, 0.1) is 0 Å². The molecule has 5 heteroatoms. The number of oxime groups is 1. The molecule has 0 saturated carbocycles. The number of carbonyl (C=O) groups is 1. The van der Waals surface area contributed by atoms with Gasteiger partial charge in [0.25, 0.3) is 5.91 Å². The van der Waals surface area contributed by atoms with E-state index < -0.39 is 5.72 Å². The third-order valence-corrected chi connectivity index (χ3v) is 4.14. The summed E-state index contributed by atoms with van der Waals surface area (Å²) in [6.07, 6.45) is 0.0546. The van der Waals surface area contributed by atoms with Crippen LogP contribution in [0.25, 0.3) is 0 Å². The first kappa shape index (κ1) is 15.2. The van der Waals surface area contributed by atoms with Gasteiger partial charge in [-0.15, -0.1) is 0 Å². The first-order chi connectivity index (χ1) is 11.1. The van der Waals surface area contributed by atoms with Crippen LogP contribution in [0.1, 0.15) is 34.8 Å². The van der Waals surface area contributed by atoms with Crippen molar-refractivity contribution in [2.45, 2.75) is 25.6 Å². The van der Waals surface area contributed by atoms with Gasteiger partial charge in [-0.05, 0) is 18.6 Å². The zero-order valence-electron chi connectivity index (χ0n) is 12.8. The molecule has 1 aliphatic heterocycles. The molecule has 3 rings (SSSR count). The second-order valence-corrected chi connectivity index (χ2v) is 5.75. The van der Waals surface area contributed by atoms with Crippen LogP contribution in [0.4, 0.5) is 0 Å². The Morgan fingerprint density at radius 1 is 1.13 bits per heavy atom. The highest BCUT2D eigenvalue weighted by Crippen LogP contribution is 2.40. The zero-order valence-corrected chi connectivity index (χ0v) is 12.8. The highest BCUT2D eigenvalue weighted by atomic mass is 16.4. The van der Waals surface area contributed by atoms with Gasteiger partial charge in [-0.3, -0.25) is 4.79 Å². The van der Waals surface area contributed by atoms with Crippen LogP contribution < -0.4 is 0 Å². The number of nitrogens with zero attached hydrogens (tertiary/aromatic N) is 2. The first-order valence-electron chi connectivity index (χ1n) is 7.41.